The summed E-state index contributed by atoms with van der Waals surface area (Å²) in [6.45, 7) is 0. The molecule has 4 N–H and O–H groups in total. The van der Waals surface area contributed by atoms with Crippen LogP contribution in [0.2, 0.25) is 0 Å². The van der Waals surface area contributed by atoms with E-state index in [1.807, 2.05) is 0 Å². The predicted molar refractivity (Wildman–Crippen MR) is 88.5 cm³/mol. The van der Waals surface area contributed by atoms with Crippen LogP contribution < -0.4 is 34.7 Å². The van der Waals surface area contributed by atoms with E-state index in [2.05, 4.69) is 4.98 Å². The van der Waals surface area contributed by atoms with Crippen molar-refractivity contribution in [1.29, 1.82) is 0 Å². The van der Waals surface area contributed by atoms with Crippen LogP contribution in [0, 0.1) is 0 Å². The first-order chi connectivity index (χ1) is 11.9. The van der Waals surface area contributed by atoms with Gasteiger partial charge in [0.1, 0.15) is 16.8 Å². The van der Waals surface area contributed by atoms with Gasteiger partial charge in [0, 0.05) is 5.39 Å². The fraction of sp³-hybridized carbons (Fsp3) is 0. The van der Waals surface area contributed by atoms with Gasteiger partial charge in [-0.25, -0.2) is 9.78 Å². The zero-order valence-electron chi connectivity index (χ0n) is 13.7. The third kappa shape index (κ3) is 3.75. The van der Waals surface area contributed by atoms with E-state index < -0.39 is 29.0 Å². The standard InChI is InChI=1S/C18H13NO6.Na/c20-13-7-9(8-14(21)17(13)23)1-4-11-5-2-10-3-6-12(18(24)25)16(22)15(10)19-11;/h1-8,20-23H,(H,24,25);/q;+1/p-1/b4-1+;. The normalized spacial score (nSPS) is 10.8. The molecule has 0 unspecified atom stereocenters. The summed E-state index contributed by atoms with van der Waals surface area (Å²) in [7, 11) is 0. The number of hydrogen-bond donors (Lipinski definition) is 4. The second-order valence-corrected chi connectivity index (χ2v) is 5.29. The number of aromatic nitrogens is 1. The van der Waals surface area contributed by atoms with Crippen LogP contribution >= 0.6 is 0 Å². The molecule has 0 spiro atoms. The summed E-state index contributed by atoms with van der Waals surface area (Å²) in [6, 6.07) is 8.52. The topological polar surface area (TPSA) is 134 Å². The fourth-order valence-corrected chi connectivity index (χ4v) is 2.35. The average molecular weight is 361 g/mol. The molecule has 0 bridgehead atoms. The number of phenols is 3. The largest absolute Gasteiger partial charge is 1.00 e. The van der Waals surface area contributed by atoms with E-state index in [4.69, 9.17) is 5.11 Å². The quantitative estimate of drug-likeness (QED) is 0.358. The fourth-order valence-electron chi connectivity index (χ4n) is 2.35. The molecule has 0 atom stereocenters. The number of pyridine rings is 1. The van der Waals surface area contributed by atoms with E-state index >= 15 is 0 Å². The SMILES string of the molecule is O=C(O)c1ccc2ccc(/C=C/c3cc([O-])c(O)c(O)c3)nc2c1O.[Na+]. The Hall–Kier alpha value is -2.74. The minimum absolute atomic E-state index is 0. The molecule has 0 aliphatic carbocycles. The molecule has 0 radical (unpaired) electrons. The van der Waals surface area contributed by atoms with Gasteiger partial charge in [-0.3, -0.25) is 0 Å². The summed E-state index contributed by atoms with van der Waals surface area (Å²) >= 11 is 0. The molecule has 0 fully saturated rings. The number of carboxylic acid groups (broad SMARTS) is 1. The molecule has 0 aliphatic rings. The summed E-state index contributed by atoms with van der Waals surface area (Å²) in [5.74, 6) is -3.64. The summed E-state index contributed by atoms with van der Waals surface area (Å²) in [4.78, 5) is 15.3. The molecule has 0 aliphatic heterocycles. The van der Waals surface area contributed by atoms with Crippen LogP contribution in [0.5, 0.6) is 23.0 Å². The second-order valence-electron chi connectivity index (χ2n) is 5.29. The van der Waals surface area contributed by atoms with Crippen LogP contribution in [0.15, 0.2) is 36.4 Å². The molecule has 1 heterocycles. The summed E-state index contributed by atoms with van der Waals surface area (Å²) < 4.78 is 0. The maximum atomic E-state index is 11.4. The van der Waals surface area contributed by atoms with Crippen molar-refractivity contribution in [3.8, 4) is 23.0 Å². The van der Waals surface area contributed by atoms with Crippen LogP contribution in [-0.4, -0.2) is 31.4 Å². The Bertz CT molecular complexity index is 1010. The van der Waals surface area contributed by atoms with Gasteiger partial charge in [0.15, 0.2) is 11.5 Å². The summed E-state index contributed by atoms with van der Waals surface area (Å²) in [5, 5.41) is 49.8. The van der Waals surface area contributed by atoms with Crippen LogP contribution in [-0.2, 0) is 0 Å². The van der Waals surface area contributed by atoms with E-state index in [-0.39, 0.29) is 40.6 Å². The number of hydrogen-bond acceptors (Lipinski definition) is 6. The van der Waals surface area contributed by atoms with Crippen LogP contribution in [0.1, 0.15) is 21.6 Å². The molecule has 126 valence electrons. The predicted octanol–water partition coefficient (Wildman–Crippen LogP) is -0.702. The second kappa shape index (κ2) is 7.65. The molecule has 8 heteroatoms. The van der Waals surface area contributed by atoms with Gasteiger partial charge in [-0.2, -0.15) is 0 Å². The van der Waals surface area contributed by atoms with Crippen molar-refractivity contribution in [2.45, 2.75) is 0 Å². The molecule has 3 aromatic rings. The minimum Gasteiger partial charge on any atom is -0.870 e. The van der Waals surface area contributed by atoms with Crippen LogP contribution in [0.25, 0.3) is 23.1 Å². The first-order valence-corrected chi connectivity index (χ1v) is 7.14. The van der Waals surface area contributed by atoms with Crippen molar-refractivity contribution in [3.63, 3.8) is 0 Å². The van der Waals surface area contributed by atoms with Gasteiger partial charge >= 0.3 is 35.5 Å². The zero-order valence-corrected chi connectivity index (χ0v) is 15.7. The zero-order chi connectivity index (χ0) is 18.1. The first kappa shape index (κ1) is 19.6. The van der Waals surface area contributed by atoms with Crippen LogP contribution in [0.3, 0.4) is 0 Å². The number of carboxylic acids is 1. The number of benzene rings is 2. The summed E-state index contributed by atoms with van der Waals surface area (Å²) in [6.07, 6.45) is 3.02. The number of carbonyl (C=O) groups is 1. The van der Waals surface area contributed by atoms with Gasteiger partial charge in [0.25, 0.3) is 0 Å². The van der Waals surface area contributed by atoms with Crippen molar-refractivity contribution < 1.29 is 59.9 Å². The van der Waals surface area contributed by atoms with E-state index in [1.165, 1.54) is 24.3 Å². The van der Waals surface area contributed by atoms with Crippen molar-refractivity contribution in [3.05, 3.63) is 53.2 Å². The molecule has 0 saturated heterocycles. The number of nitrogens with zero attached hydrogens (tertiary/aromatic N) is 1. The average Bonchev–Trinajstić information content (AvgIpc) is 2.58. The van der Waals surface area contributed by atoms with Gasteiger partial charge in [-0.15, -0.1) is 0 Å². The van der Waals surface area contributed by atoms with Crippen molar-refractivity contribution in [2.75, 3.05) is 0 Å². The molecule has 2 aromatic carbocycles. The minimum atomic E-state index is -1.26. The number of aromatic carboxylic acids is 1. The Morgan fingerprint density at radius 3 is 2.35 bits per heavy atom. The van der Waals surface area contributed by atoms with Gasteiger partial charge in [0.2, 0.25) is 0 Å². The number of fused-ring (bicyclic) bond motifs is 1. The molecule has 26 heavy (non-hydrogen) atoms. The Morgan fingerprint density at radius 1 is 1.00 bits per heavy atom. The summed E-state index contributed by atoms with van der Waals surface area (Å²) in [5.41, 5.74) is 0.650. The molecule has 0 amide bonds. The Morgan fingerprint density at radius 2 is 1.69 bits per heavy atom. The number of aromatic hydroxyl groups is 3. The van der Waals surface area contributed by atoms with E-state index in [1.54, 1.807) is 18.2 Å². The van der Waals surface area contributed by atoms with Crippen molar-refractivity contribution in [2.24, 2.45) is 0 Å². The number of phenolic OH excluding ortho intramolecular Hbond substituents is 2. The van der Waals surface area contributed by atoms with Crippen molar-refractivity contribution in [1.82, 2.24) is 4.98 Å². The first-order valence-electron chi connectivity index (χ1n) is 7.14. The Balaban J connectivity index is 0.00000243. The monoisotopic (exact) mass is 361 g/mol. The maximum absolute atomic E-state index is 11.4. The molecular formula is C18H12NNaO6. The third-order valence-electron chi connectivity index (χ3n) is 3.61. The van der Waals surface area contributed by atoms with Gasteiger partial charge in [-0.05, 0) is 29.8 Å². The molecule has 1 aromatic heterocycles. The van der Waals surface area contributed by atoms with E-state index in [0.717, 1.165) is 6.07 Å². The van der Waals surface area contributed by atoms with Gasteiger partial charge in [0.05, 0.1) is 5.69 Å². The van der Waals surface area contributed by atoms with Crippen LogP contribution in [0.4, 0.5) is 0 Å². The van der Waals surface area contributed by atoms with Crippen molar-refractivity contribution >= 4 is 29.0 Å². The molecule has 7 nitrogen and oxygen atoms in total. The third-order valence-corrected chi connectivity index (χ3v) is 3.61. The smallest absolute Gasteiger partial charge is 0.870 e. The maximum Gasteiger partial charge on any atom is 1.00 e. The Kier molecular flexibility index (Phi) is 5.76. The van der Waals surface area contributed by atoms with E-state index in [9.17, 15) is 25.2 Å². The molecular weight excluding hydrogens is 349 g/mol. The molecule has 0 saturated carbocycles. The van der Waals surface area contributed by atoms with Gasteiger partial charge < -0.3 is 25.5 Å². The molecule has 3 rings (SSSR count). The van der Waals surface area contributed by atoms with Gasteiger partial charge in [-0.1, -0.05) is 30.0 Å². The Labute approximate surface area is 169 Å². The number of rotatable bonds is 3. The van der Waals surface area contributed by atoms with E-state index in [0.29, 0.717) is 16.6 Å².